The van der Waals surface area contributed by atoms with Crippen LogP contribution in [0.25, 0.3) is 21.8 Å². The third-order valence-electron chi connectivity index (χ3n) is 7.47. The maximum absolute atomic E-state index is 13.9. The first-order valence-electron chi connectivity index (χ1n) is 14.2. The number of nitrogens with two attached hydrogens (primary N) is 1. The van der Waals surface area contributed by atoms with Crippen molar-refractivity contribution in [3.05, 3.63) is 90.3 Å². The summed E-state index contributed by atoms with van der Waals surface area (Å²) in [4.78, 5) is 65.3. The molecule has 0 aliphatic carbocycles. The van der Waals surface area contributed by atoms with Gasteiger partial charge in [-0.15, -0.1) is 0 Å². The molecular weight excluding hydrogens is 564 g/mol. The van der Waals surface area contributed by atoms with Crippen molar-refractivity contribution >= 4 is 45.5 Å². The highest BCUT2D eigenvalue weighted by Crippen LogP contribution is 2.21. The van der Waals surface area contributed by atoms with Crippen molar-refractivity contribution < 1.29 is 24.3 Å². The first-order valence-corrected chi connectivity index (χ1v) is 14.2. The van der Waals surface area contributed by atoms with Gasteiger partial charge in [0.2, 0.25) is 17.7 Å². The molecule has 3 heterocycles. The van der Waals surface area contributed by atoms with E-state index in [0.717, 1.165) is 32.9 Å². The molecule has 2 aromatic carbocycles. The normalized spacial score (nSPS) is 14.0. The molecule has 13 heteroatoms. The van der Waals surface area contributed by atoms with Crippen LogP contribution in [-0.2, 0) is 38.4 Å². The van der Waals surface area contributed by atoms with Gasteiger partial charge in [0.1, 0.15) is 18.1 Å². The van der Waals surface area contributed by atoms with E-state index in [1.807, 2.05) is 48.5 Å². The lowest BCUT2D eigenvalue weighted by Crippen LogP contribution is -2.58. The molecule has 4 atom stereocenters. The zero-order valence-corrected chi connectivity index (χ0v) is 24.0. The molecule has 3 amide bonds. The van der Waals surface area contributed by atoms with Gasteiger partial charge in [0.05, 0.1) is 12.4 Å². The van der Waals surface area contributed by atoms with Crippen LogP contribution in [-0.4, -0.2) is 72.9 Å². The number of rotatable bonds is 13. The van der Waals surface area contributed by atoms with Crippen molar-refractivity contribution in [1.29, 1.82) is 0 Å². The SMILES string of the molecule is CC(N)C(=O)NC(Cc1c[nH]c2ccccc12)C(=O)NC(Cc1c[nH]c2ccccc12)C(=O)NC(Cc1cnc[nH]1)C(=O)O. The Bertz CT molecular complexity index is 1770. The predicted molar refractivity (Wildman–Crippen MR) is 163 cm³/mol. The average Bonchev–Trinajstić information content (AvgIpc) is 3.77. The minimum Gasteiger partial charge on any atom is -0.480 e. The summed E-state index contributed by atoms with van der Waals surface area (Å²) >= 11 is 0. The molecule has 0 saturated heterocycles. The number of imidazole rings is 1. The van der Waals surface area contributed by atoms with Crippen LogP contribution in [0.1, 0.15) is 23.7 Å². The number of para-hydroxylation sites is 2. The van der Waals surface area contributed by atoms with E-state index in [1.54, 1.807) is 12.4 Å². The molecule has 0 spiro atoms. The second kappa shape index (κ2) is 13.3. The van der Waals surface area contributed by atoms with E-state index in [1.165, 1.54) is 19.4 Å². The van der Waals surface area contributed by atoms with Crippen LogP contribution in [0.2, 0.25) is 0 Å². The van der Waals surface area contributed by atoms with E-state index in [2.05, 4.69) is 35.9 Å². The quantitative estimate of drug-likeness (QED) is 0.0994. The average molecular weight is 599 g/mol. The number of benzene rings is 2. The summed E-state index contributed by atoms with van der Waals surface area (Å²) in [6.07, 6.45) is 6.54. The topological polar surface area (TPSA) is 211 Å². The monoisotopic (exact) mass is 598 g/mol. The number of hydrogen-bond donors (Lipinski definition) is 8. The van der Waals surface area contributed by atoms with Crippen LogP contribution in [0.5, 0.6) is 0 Å². The minimum absolute atomic E-state index is 0.0392. The number of nitrogens with zero attached hydrogens (tertiary/aromatic N) is 1. The smallest absolute Gasteiger partial charge is 0.326 e. The Hall–Kier alpha value is -5.43. The van der Waals surface area contributed by atoms with Crippen molar-refractivity contribution in [3.8, 4) is 0 Å². The van der Waals surface area contributed by atoms with E-state index in [4.69, 9.17) is 5.73 Å². The first kappa shape index (κ1) is 30.0. The molecule has 5 aromatic rings. The van der Waals surface area contributed by atoms with Gasteiger partial charge < -0.3 is 41.7 Å². The minimum atomic E-state index is -1.29. The summed E-state index contributed by atoms with van der Waals surface area (Å²) in [5.74, 6) is -3.09. The number of fused-ring (bicyclic) bond motifs is 2. The van der Waals surface area contributed by atoms with Gasteiger partial charge >= 0.3 is 5.97 Å². The Balaban J connectivity index is 1.42. The fourth-order valence-corrected chi connectivity index (χ4v) is 5.12. The Kier molecular flexibility index (Phi) is 9.05. The number of aromatic amines is 3. The highest BCUT2D eigenvalue weighted by molar-refractivity contribution is 5.95. The number of aromatic nitrogens is 4. The summed E-state index contributed by atoms with van der Waals surface area (Å²) in [7, 11) is 0. The number of amides is 3. The first-order chi connectivity index (χ1) is 21.2. The second-order valence-corrected chi connectivity index (χ2v) is 10.7. The zero-order valence-electron chi connectivity index (χ0n) is 24.0. The van der Waals surface area contributed by atoms with Gasteiger partial charge in [0, 0.05) is 65.4 Å². The lowest BCUT2D eigenvalue weighted by molar-refractivity contribution is -0.142. The van der Waals surface area contributed by atoms with Gasteiger partial charge in [-0.25, -0.2) is 9.78 Å². The van der Waals surface area contributed by atoms with Gasteiger partial charge in [-0.1, -0.05) is 36.4 Å². The third-order valence-corrected chi connectivity index (χ3v) is 7.47. The molecule has 0 bridgehead atoms. The van der Waals surface area contributed by atoms with Crippen molar-refractivity contribution in [2.75, 3.05) is 0 Å². The second-order valence-electron chi connectivity index (χ2n) is 10.7. The van der Waals surface area contributed by atoms with Crippen LogP contribution in [0.15, 0.2) is 73.4 Å². The number of H-pyrrole nitrogens is 3. The summed E-state index contributed by atoms with van der Waals surface area (Å²) < 4.78 is 0. The highest BCUT2D eigenvalue weighted by atomic mass is 16.4. The lowest BCUT2D eigenvalue weighted by Gasteiger charge is -2.25. The number of carbonyl (C=O) groups excluding carboxylic acids is 3. The van der Waals surface area contributed by atoms with Crippen LogP contribution in [0.4, 0.5) is 0 Å². The molecule has 0 saturated carbocycles. The predicted octanol–water partition coefficient (Wildman–Crippen LogP) is 1.29. The maximum Gasteiger partial charge on any atom is 0.326 e. The molecule has 13 nitrogen and oxygen atoms in total. The van der Waals surface area contributed by atoms with Gasteiger partial charge in [-0.05, 0) is 30.2 Å². The summed E-state index contributed by atoms with van der Waals surface area (Å²) in [5, 5.41) is 19.6. The van der Waals surface area contributed by atoms with E-state index in [-0.39, 0.29) is 19.3 Å². The summed E-state index contributed by atoms with van der Waals surface area (Å²) in [6, 6.07) is 10.7. The molecular formula is C31H34N8O5. The summed E-state index contributed by atoms with van der Waals surface area (Å²) in [6.45, 7) is 1.51. The van der Waals surface area contributed by atoms with Crippen LogP contribution < -0.4 is 21.7 Å². The van der Waals surface area contributed by atoms with E-state index in [9.17, 15) is 24.3 Å². The molecule has 0 radical (unpaired) electrons. The maximum atomic E-state index is 13.9. The van der Waals surface area contributed by atoms with E-state index >= 15 is 0 Å². The van der Waals surface area contributed by atoms with Gasteiger partial charge in [0.15, 0.2) is 0 Å². The van der Waals surface area contributed by atoms with Crippen molar-refractivity contribution in [1.82, 2.24) is 35.9 Å². The van der Waals surface area contributed by atoms with Crippen LogP contribution >= 0.6 is 0 Å². The molecule has 5 rings (SSSR count). The molecule has 0 fully saturated rings. The van der Waals surface area contributed by atoms with Gasteiger partial charge in [-0.2, -0.15) is 0 Å². The Labute approximate surface area is 252 Å². The molecule has 228 valence electrons. The fourth-order valence-electron chi connectivity index (χ4n) is 5.12. The highest BCUT2D eigenvalue weighted by Gasteiger charge is 2.31. The van der Waals surface area contributed by atoms with E-state index in [0.29, 0.717) is 5.69 Å². The molecule has 0 aliphatic rings. The third kappa shape index (κ3) is 6.95. The standard InChI is InChI=1S/C31H34N8O5/c1-17(32)28(40)37-25(10-18-13-34-23-8-4-2-6-21(18)23)29(41)38-26(11-19-14-35-24-9-5-3-7-22(19)24)30(42)39-27(31(43)44)12-20-15-33-16-36-20/h2-9,13-17,25-27,34-35H,10-12,32H2,1H3,(H,33,36)(H,37,40)(H,38,41)(H,39,42)(H,43,44). The molecule has 4 unspecified atom stereocenters. The van der Waals surface area contributed by atoms with Crippen molar-refractivity contribution in [3.63, 3.8) is 0 Å². The Morgan fingerprint density at radius 3 is 1.73 bits per heavy atom. The van der Waals surface area contributed by atoms with E-state index < -0.39 is 47.9 Å². The lowest BCUT2D eigenvalue weighted by atomic mass is 10.0. The number of hydrogen-bond acceptors (Lipinski definition) is 6. The number of nitrogens with one attached hydrogen (secondary N) is 6. The largest absolute Gasteiger partial charge is 0.480 e. The number of carboxylic acids is 1. The number of carboxylic acid groups (broad SMARTS) is 1. The Morgan fingerprint density at radius 1 is 0.750 bits per heavy atom. The molecule has 0 aliphatic heterocycles. The summed E-state index contributed by atoms with van der Waals surface area (Å²) in [5.41, 5.74) is 9.56. The van der Waals surface area contributed by atoms with Crippen molar-refractivity contribution in [2.45, 2.75) is 50.4 Å². The molecule has 44 heavy (non-hydrogen) atoms. The zero-order chi connectivity index (χ0) is 31.2. The molecule has 3 aromatic heterocycles. The number of aliphatic carboxylic acids is 1. The van der Waals surface area contributed by atoms with Crippen LogP contribution in [0.3, 0.4) is 0 Å². The van der Waals surface area contributed by atoms with Gasteiger partial charge in [0.25, 0.3) is 0 Å². The van der Waals surface area contributed by atoms with Crippen molar-refractivity contribution in [2.24, 2.45) is 5.73 Å². The van der Waals surface area contributed by atoms with Crippen LogP contribution in [0, 0.1) is 0 Å². The van der Waals surface area contributed by atoms with Gasteiger partial charge in [-0.3, -0.25) is 14.4 Å². The fraction of sp³-hybridized carbons (Fsp3) is 0.258. The number of carbonyl (C=O) groups is 4. The molecule has 9 N–H and O–H groups in total. The Morgan fingerprint density at radius 2 is 1.25 bits per heavy atom.